The third kappa shape index (κ3) is 3.57. The molecule has 2 aromatic carbocycles. The summed E-state index contributed by atoms with van der Waals surface area (Å²) in [6.07, 6.45) is 2.61. The van der Waals surface area contributed by atoms with Gasteiger partial charge in [0, 0.05) is 0 Å². The smallest absolute Gasteiger partial charge is 0.337 e. The van der Waals surface area contributed by atoms with Crippen LogP contribution in [-0.4, -0.2) is 23.3 Å². The lowest BCUT2D eigenvalue weighted by molar-refractivity contribution is -0.113. The van der Waals surface area contributed by atoms with Crippen molar-refractivity contribution in [3.63, 3.8) is 0 Å². The first-order valence-electron chi connectivity index (χ1n) is 8.09. The summed E-state index contributed by atoms with van der Waals surface area (Å²) in [5.74, 6) is -0.517. The van der Waals surface area contributed by atoms with Crippen LogP contribution in [0.5, 0.6) is 0 Å². The average Bonchev–Trinajstić information content (AvgIpc) is 2.94. The van der Waals surface area contributed by atoms with Crippen LogP contribution >= 0.6 is 24.0 Å². The molecular weight excluding hydrogens is 366 g/mol. The van der Waals surface area contributed by atoms with Crippen molar-refractivity contribution in [2.75, 3.05) is 12.0 Å². The first kappa shape index (κ1) is 18.4. The largest absolute Gasteiger partial charge is 0.465 e. The van der Waals surface area contributed by atoms with E-state index in [1.807, 2.05) is 24.3 Å². The number of anilines is 1. The van der Waals surface area contributed by atoms with Gasteiger partial charge in [-0.1, -0.05) is 61.2 Å². The van der Waals surface area contributed by atoms with Gasteiger partial charge in [0.2, 0.25) is 0 Å². The SMILES string of the molecule is CCc1ccccc1N1C(=O)/C(=C/c2ccc(C(=O)OC)cc2)SC1=S. The van der Waals surface area contributed by atoms with Crippen molar-refractivity contribution in [1.29, 1.82) is 0 Å². The molecule has 0 aromatic heterocycles. The molecule has 0 unspecified atom stereocenters. The standard InChI is InChI=1S/C20H17NO3S2/c1-3-14-6-4-5-7-16(14)21-18(22)17(26-20(21)25)12-13-8-10-15(11-9-13)19(23)24-2/h4-12H,3H2,1-2H3/b17-12-. The molecule has 1 aliphatic rings. The predicted octanol–water partition coefficient (Wildman–Crippen LogP) is 4.44. The number of benzene rings is 2. The van der Waals surface area contributed by atoms with E-state index in [-0.39, 0.29) is 11.9 Å². The third-order valence-corrected chi connectivity index (χ3v) is 5.34. The molecular formula is C20H17NO3S2. The van der Waals surface area contributed by atoms with Gasteiger partial charge in [-0.2, -0.15) is 0 Å². The van der Waals surface area contributed by atoms with E-state index < -0.39 is 0 Å². The van der Waals surface area contributed by atoms with Gasteiger partial charge in [0.1, 0.15) is 0 Å². The van der Waals surface area contributed by atoms with Crippen molar-refractivity contribution in [1.82, 2.24) is 0 Å². The Morgan fingerprint density at radius 1 is 1.19 bits per heavy atom. The number of nitrogens with zero attached hydrogens (tertiary/aromatic N) is 1. The van der Waals surface area contributed by atoms with E-state index in [1.54, 1.807) is 35.2 Å². The van der Waals surface area contributed by atoms with E-state index in [9.17, 15) is 9.59 Å². The van der Waals surface area contributed by atoms with Gasteiger partial charge < -0.3 is 4.74 Å². The number of ether oxygens (including phenoxy) is 1. The summed E-state index contributed by atoms with van der Waals surface area (Å²) in [7, 11) is 1.34. The number of carbonyl (C=O) groups is 2. The summed E-state index contributed by atoms with van der Waals surface area (Å²) in [6.45, 7) is 2.05. The maximum Gasteiger partial charge on any atom is 0.337 e. The molecule has 0 radical (unpaired) electrons. The zero-order valence-electron chi connectivity index (χ0n) is 14.4. The first-order valence-corrected chi connectivity index (χ1v) is 9.32. The average molecular weight is 383 g/mol. The number of esters is 1. The molecule has 0 aliphatic carbocycles. The molecule has 3 rings (SSSR count). The van der Waals surface area contributed by atoms with Crippen molar-refractivity contribution in [3.05, 3.63) is 70.1 Å². The number of methoxy groups -OCH3 is 1. The second kappa shape index (κ2) is 7.85. The number of thioether (sulfide) groups is 1. The number of amides is 1. The molecule has 1 saturated heterocycles. The highest BCUT2D eigenvalue weighted by atomic mass is 32.2. The van der Waals surface area contributed by atoms with Crippen molar-refractivity contribution in [3.8, 4) is 0 Å². The predicted molar refractivity (Wildman–Crippen MR) is 109 cm³/mol. The number of hydrogen-bond donors (Lipinski definition) is 0. The first-order chi connectivity index (χ1) is 12.5. The Labute approximate surface area is 161 Å². The van der Waals surface area contributed by atoms with Crippen LogP contribution < -0.4 is 4.90 Å². The molecule has 1 amide bonds. The molecule has 0 N–H and O–H groups in total. The fourth-order valence-electron chi connectivity index (χ4n) is 2.69. The molecule has 1 heterocycles. The van der Waals surface area contributed by atoms with E-state index in [2.05, 4.69) is 11.7 Å². The summed E-state index contributed by atoms with van der Waals surface area (Å²) >= 11 is 6.72. The second-order valence-corrected chi connectivity index (χ2v) is 7.29. The van der Waals surface area contributed by atoms with Crippen molar-refractivity contribution < 1.29 is 14.3 Å². The third-order valence-electron chi connectivity index (χ3n) is 4.04. The quantitative estimate of drug-likeness (QED) is 0.444. The summed E-state index contributed by atoms with van der Waals surface area (Å²) in [4.78, 5) is 26.5. The summed E-state index contributed by atoms with van der Waals surface area (Å²) in [5, 5.41) is 0. The molecule has 0 bridgehead atoms. The normalized spacial score (nSPS) is 15.6. The van der Waals surface area contributed by atoms with Crippen LogP contribution in [0.25, 0.3) is 6.08 Å². The fraction of sp³-hybridized carbons (Fsp3) is 0.150. The van der Waals surface area contributed by atoms with Crippen molar-refractivity contribution in [2.24, 2.45) is 0 Å². The number of carbonyl (C=O) groups excluding carboxylic acids is 2. The topological polar surface area (TPSA) is 46.6 Å². The fourth-order valence-corrected chi connectivity index (χ4v) is 3.97. The lowest BCUT2D eigenvalue weighted by Gasteiger charge is -2.18. The maximum absolute atomic E-state index is 12.9. The van der Waals surface area contributed by atoms with Crippen LogP contribution in [0.3, 0.4) is 0 Å². The Hall–Kier alpha value is -2.44. The molecule has 0 saturated carbocycles. The lowest BCUT2D eigenvalue weighted by atomic mass is 10.1. The van der Waals surface area contributed by atoms with Crippen LogP contribution in [0, 0.1) is 0 Å². The zero-order chi connectivity index (χ0) is 18.7. The van der Waals surface area contributed by atoms with Gasteiger partial charge >= 0.3 is 5.97 Å². The molecule has 0 atom stereocenters. The monoisotopic (exact) mass is 383 g/mol. The molecule has 2 aromatic rings. The molecule has 0 spiro atoms. The van der Waals surface area contributed by atoms with Gasteiger partial charge in [-0.05, 0) is 41.8 Å². The number of para-hydroxylation sites is 1. The molecule has 6 heteroatoms. The Kier molecular flexibility index (Phi) is 5.54. The van der Waals surface area contributed by atoms with E-state index in [0.29, 0.717) is 14.8 Å². The Bertz CT molecular complexity index is 904. The minimum Gasteiger partial charge on any atom is -0.465 e. The minimum atomic E-state index is -0.390. The molecule has 1 fully saturated rings. The molecule has 4 nitrogen and oxygen atoms in total. The van der Waals surface area contributed by atoms with E-state index in [0.717, 1.165) is 23.2 Å². The van der Waals surface area contributed by atoms with Gasteiger partial charge in [0.05, 0.1) is 23.3 Å². The van der Waals surface area contributed by atoms with Crippen molar-refractivity contribution >= 4 is 51.9 Å². The molecule has 1 aliphatic heterocycles. The number of rotatable bonds is 4. The van der Waals surface area contributed by atoms with Crippen LogP contribution in [0.4, 0.5) is 5.69 Å². The molecule has 26 heavy (non-hydrogen) atoms. The van der Waals surface area contributed by atoms with E-state index >= 15 is 0 Å². The summed E-state index contributed by atoms with van der Waals surface area (Å²) in [6, 6.07) is 14.7. The lowest BCUT2D eigenvalue weighted by Crippen LogP contribution is -2.28. The van der Waals surface area contributed by atoms with E-state index in [4.69, 9.17) is 12.2 Å². The molecule has 132 valence electrons. The van der Waals surface area contributed by atoms with Gasteiger partial charge in [0.15, 0.2) is 4.32 Å². The highest BCUT2D eigenvalue weighted by molar-refractivity contribution is 8.27. The number of thiocarbonyl (C=S) groups is 1. The van der Waals surface area contributed by atoms with Crippen LogP contribution in [0.2, 0.25) is 0 Å². The van der Waals surface area contributed by atoms with Gasteiger partial charge in [-0.15, -0.1) is 0 Å². The minimum absolute atomic E-state index is 0.127. The Morgan fingerprint density at radius 3 is 2.54 bits per heavy atom. The Morgan fingerprint density at radius 2 is 1.88 bits per heavy atom. The van der Waals surface area contributed by atoms with Crippen LogP contribution in [0.1, 0.15) is 28.4 Å². The van der Waals surface area contributed by atoms with E-state index in [1.165, 1.54) is 18.9 Å². The second-order valence-electron chi connectivity index (χ2n) is 5.61. The maximum atomic E-state index is 12.9. The van der Waals surface area contributed by atoms with Crippen LogP contribution in [0.15, 0.2) is 53.4 Å². The Balaban J connectivity index is 1.89. The highest BCUT2D eigenvalue weighted by Crippen LogP contribution is 2.37. The summed E-state index contributed by atoms with van der Waals surface area (Å²) in [5.41, 5.74) is 3.20. The van der Waals surface area contributed by atoms with Gasteiger partial charge in [0.25, 0.3) is 5.91 Å². The number of hydrogen-bond acceptors (Lipinski definition) is 5. The zero-order valence-corrected chi connectivity index (χ0v) is 16.0. The van der Waals surface area contributed by atoms with Crippen molar-refractivity contribution in [2.45, 2.75) is 13.3 Å². The number of aryl methyl sites for hydroxylation is 1. The van der Waals surface area contributed by atoms with Gasteiger partial charge in [-0.25, -0.2) is 4.79 Å². The van der Waals surface area contributed by atoms with Gasteiger partial charge in [-0.3, -0.25) is 9.69 Å². The van der Waals surface area contributed by atoms with Crippen LogP contribution in [-0.2, 0) is 16.0 Å². The highest BCUT2D eigenvalue weighted by Gasteiger charge is 2.34. The summed E-state index contributed by atoms with van der Waals surface area (Å²) < 4.78 is 5.21.